The number of carbonyl (C=O) groups excluding carboxylic acids is 1. The fraction of sp³-hybridized carbons (Fsp3) is 0.900. The predicted molar refractivity (Wildman–Crippen MR) is 66.4 cm³/mol. The average Bonchev–Trinajstić information content (AvgIpc) is 2.43. The van der Waals surface area contributed by atoms with Crippen molar-refractivity contribution >= 4 is 28.7 Å². The minimum Gasteiger partial charge on any atom is -0.444 e. The van der Waals surface area contributed by atoms with Gasteiger partial charge in [-0.25, -0.2) is 4.79 Å². The van der Waals surface area contributed by atoms with Crippen LogP contribution in [0.2, 0.25) is 0 Å². The van der Waals surface area contributed by atoms with Crippen molar-refractivity contribution in [2.45, 2.75) is 36.4 Å². The van der Waals surface area contributed by atoms with E-state index in [-0.39, 0.29) is 12.2 Å². The summed E-state index contributed by atoms with van der Waals surface area (Å²) in [6.45, 7) is 6.94. The van der Waals surface area contributed by atoms with Crippen LogP contribution in [0, 0.1) is 0 Å². The molecule has 2 unspecified atom stereocenters. The number of likely N-dealkylation sites (tertiary alicyclic amines) is 1. The molecule has 0 saturated carbocycles. The van der Waals surface area contributed by atoms with Crippen LogP contribution in [0.3, 0.4) is 0 Å². The fourth-order valence-electron chi connectivity index (χ4n) is 1.43. The molecule has 88 valence electrons. The van der Waals surface area contributed by atoms with Gasteiger partial charge in [0.2, 0.25) is 0 Å². The fourth-order valence-corrected chi connectivity index (χ4v) is 2.43. The van der Waals surface area contributed by atoms with E-state index in [0.29, 0.717) is 17.0 Å². The molecule has 1 amide bonds. The Morgan fingerprint density at radius 3 is 2.40 bits per heavy atom. The van der Waals surface area contributed by atoms with Crippen LogP contribution in [0.25, 0.3) is 0 Å². The summed E-state index contributed by atoms with van der Waals surface area (Å²) in [5.41, 5.74) is -0.428. The molecule has 0 bridgehead atoms. The van der Waals surface area contributed by atoms with Gasteiger partial charge in [0, 0.05) is 13.7 Å². The molecule has 0 aromatic rings. The summed E-state index contributed by atoms with van der Waals surface area (Å²) >= 11 is 2.31. The molecule has 1 fully saturated rings. The van der Waals surface area contributed by atoms with E-state index in [1.54, 1.807) is 12.0 Å². The number of methoxy groups -OCH3 is 1. The molecule has 0 radical (unpaired) electrons. The lowest BCUT2D eigenvalue weighted by Gasteiger charge is -2.24. The molecule has 1 aliphatic heterocycles. The maximum Gasteiger partial charge on any atom is 0.410 e. The number of halogens is 1. The number of ether oxygens (including phenoxy) is 2. The molecule has 4 nitrogen and oxygen atoms in total. The summed E-state index contributed by atoms with van der Waals surface area (Å²) in [7, 11) is 1.68. The van der Waals surface area contributed by atoms with Gasteiger partial charge in [-0.15, -0.1) is 0 Å². The Morgan fingerprint density at radius 2 is 2.00 bits per heavy atom. The highest BCUT2D eigenvalue weighted by Crippen LogP contribution is 2.22. The van der Waals surface area contributed by atoms with Crippen LogP contribution in [-0.2, 0) is 9.47 Å². The normalized spacial score (nSPS) is 26.9. The number of carbonyl (C=O) groups is 1. The molecule has 1 saturated heterocycles. The summed E-state index contributed by atoms with van der Waals surface area (Å²) in [6, 6.07) is 0. The van der Waals surface area contributed by atoms with Crippen LogP contribution in [-0.4, -0.2) is 46.8 Å². The quantitative estimate of drug-likeness (QED) is 0.547. The third-order valence-electron chi connectivity index (χ3n) is 2.15. The van der Waals surface area contributed by atoms with Crippen LogP contribution in [0.4, 0.5) is 4.79 Å². The molecule has 15 heavy (non-hydrogen) atoms. The van der Waals surface area contributed by atoms with E-state index in [0.717, 1.165) is 0 Å². The second-order valence-electron chi connectivity index (χ2n) is 4.68. The molecule has 1 heterocycles. The zero-order valence-electron chi connectivity index (χ0n) is 9.62. The number of hydrogen-bond donors (Lipinski definition) is 0. The summed E-state index contributed by atoms with van der Waals surface area (Å²) in [5.74, 6) is 0. The first-order valence-corrected chi connectivity index (χ1v) is 6.23. The third-order valence-corrected chi connectivity index (χ3v) is 3.35. The monoisotopic (exact) mass is 327 g/mol. The van der Waals surface area contributed by atoms with Crippen molar-refractivity contribution in [1.82, 2.24) is 4.90 Å². The van der Waals surface area contributed by atoms with Crippen molar-refractivity contribution in [3.8, 4) is 0 Å². The Hall–Kier alpha value is -0.0400. The van der Waals surface area contributed by atoms with E-state index >= 15 is 0 Å². The van der Waals surface area contributed by atoms with Crippen molar-refractivity contribution < 1.29 is 14.3 Å². The Kier molecular flexibility index (Phi) is 4.22. The Balaban J connectivity index is 2.50. The largest absolute Gasteiger partial charge is 0.444 e. The topological polar surface area (TPSA) is 38.8 Å². The van der Waals surface area contributed by atoms with Crippen LogP contribution in [0.5, 0.6) is 0 Å². The molecule has 0 aliphatic carbocycles. The second-order valence-corrected chi connectivity index (χ2v) is 6.28. The summed E-state index contributed by atoms with van der Waals surface area (Å²) in [5, 5.41) is 0. The molecule has 0 aromatic carbocycles. The van der Waals surface area contributed by atoms with Crippen molar-refractivity contribution in [2.24, 2.45) is 0 Å². The zero-order chi connectivity index (χ0) is 11.6. The summed E-state index contributed by atoms with van der Waals surface area (Å²) < 4.78 is 10.9. The molecular weight excluding hydrogens is 309 g/mol. The molecule has 1 rings (SSSR count). The van der Waals surface area contributed by atoms with Gasteiger partial charge in [-0.05, 0) is 20.8 Å². The summed E-state index contributed by atoms with van der Waals surface area (Å²) in [4.78, 5) is 13.4. The molecule has 5 heteroatoms. The van der Waals surface area contributed by atoms with Gasteiger partial charge < -0.3 is 14.4 Å². The van der Waals surface area contributed by atoms with Gasteiger partial charge in [0.1, 0.15) is 5.60 Å². The highest BCUT2D eigenvalue weighted by Gasteiger charge is 2.35. The van der Waals surface area contributed by atoms with Gasteiger partial charge in [-0.3, -0.25) is 0 Å². The number of hydrogen-bond acceptors (Lipinski definition) is 3. The Morgan fingerprint density at radius 1 is 1.40 bits per heavy atom. The minimum atomic E-state index is -0.428. The molecule has 0 spiro atoms. The number of nitrogens with zero attached hydrogens (tertiary/aromatic N) is 1. The first kappa shape index (κ1) is 13.0. The van der Waals surface area contributed by atoms with Gasteiger partial charge in [-0.1, -0.05) is 22.6 Å². The number of rotatable bonds is 1. The van der Waals surface area contributed by atoms with Crippen LogP contribution in [0.1, 0.15) is 20.8 Å². The van der Waals surface area contributed by atoms with Crippen LogP contribution >= 0.6 is 22.6 Å². The first-order valence-electron chi connectivity index (χ1n) is 4.98. The SMILES string of the molecule is COC1CN(C(=O)OC(C)(C)C)CC1I. The lowest BCUT2D eigenvalue weighted by Crippen LogP contribution is -2.36. The number of amides is 1. The van der Waals surface area contributed by atoms with Gasteiger partial charge in [0.15, 0.2) is 0 Å². The van der Waals surface area contributed by atoms with Crippen LogP contribution < -0.4 is 0 Å². The molecule has 0 N–H and O–H groups in total. The maximum atomic E-state index is 11.7. The van der Waals surface area contributed by atoms with E-state index < -0.39 is 5.60 Å². The standard InChI is InChI=1S/C10H18INO3/c1-10(2,3)15-9(13)12-5-7(11)8(6-12)14-4/h7-8H,5-6H2,1-4H3. The molecule has 2 atom stereocenters. The van der Waals surface area contributed by atoms with E-state index in [9.17, 15) is 4.79 Å². The van der Waals surface area contributed by atoms with E-state index in [1.807, 2.05) is 20.8 Å². The Labute approximate surface area is 104 Å². The van der Waals surface area contributed by atoms with E-state index in [1.165, 1.54) is 0 Å². The van der Waals surface area contributed by atoms with E-state index in [4.69, 9.17) is 9.47 Å². The van der Waals surface area contributed by atoms with Crippen molar-refractivity contribution in [1.29, 1.82) is 0 Å². The third kappa shape index (κ3) is 3.79. The van der Waals surface area contributed by atoms with Crippen molar-refractivity contribution in [3.63, 3.8) is 0 Å². The highest BCUT2D eigenvalue weighted by molar-refractivity contribution is 14.1. The van der Waals surface area contributed by atoms with E-state index in [2.05, 4.69) is 22.6 Å². The average molecular weight is 327 g/mol. The van der Waals surface area contributed by atoms with Gasteiger partial charge in [0.25, 0.3) is 0 Å². The van der Waals surface area contributed by atoms with Gasteiger partial charge in [-0.2, -0.15) is 0 Å². The lowest BCUT2D eigenvalue weighted by molar-refractivity contribution is 0.0253. The zero-order valence-corrected chi connectivity index (χ0v) is 11.8. The Bertz CT molecular complexity index is 239. The molecular formula is C10H18INO3. The molecule has 0 aromatic heterocycles. The predicted octanol–water partition coefficient (Wildman–Crippen LogP) is 2.06. The van der Waals surface area contributed by atoms with Gasteiger partial charge in [0.05, 0.1) is 16.6 Å². The van der Waals surface area contributed by atoms with Crippen molar-refractivity contribution in [2.75, 3.05) is 20.2 Å². The lowest BCUT2D eigenvalue weighted by atomic mass is 10.2. The molecule has 1 aliphatic rings. The van der Waals surface area contributed by atoms with Crippen molar-refractivity contribution in [3.05, 3.63) is 0 Å². The highest BCUT2D eigenvalue weighted by atomic mass is 127. The maximum absolute atomic E-state index is 11.7. The second kappa shape index (κ2) is 4.86. The number of alkyl halides is 1. The van der Waals surface area contributed by atoms with Crippen LogP contribution in [0.15, 0.2) is 0 Å². The van der Waals surface area contributed by atoms with Gasteiger partial charge >= 0.3 is 6.09 Å². The minimum absolute atomic E-state index is 0.123. The summed E-state index contributed by atoms with van der Waals surface area (Å²) in [6.07, 6.45) is -0.123. The first-order chi connectivity index (χ1) is 6.83. The smallest absolute Gasteiger partial charge is 0.410 e.